The number of alkyl halides is 2. The summed E-state index contributed by atoms with van der Waals surface area (Å²) in [4.78, 5) is 0. The number of nitrogens with one attached hydrogen (secondary N) is 1. The van der Waals surface area contributed by atoms with E-state index >= 15 is 0 Å². The lowest BCUT2D eigenvalue weighted by atomic mass is 9.95. The molecule has 1 aliphatic rings. The van der Waals surface area contributed by atoms with Crippen molar-refractivity contribution in [1.29, 1.82) is 0 Å². The molecule has 2 nitrogen and oxygen atoms in total. The Hall–Kier alpha value is -0.220. The standard InChI is InChI=1S/C9H17F2NO/c1-12-6-9(10,11)8(13)7-4-2-3-5-7/h7-8,12-13H,2-6H2,1H3. The van der Waals surface area contributed by atoms with Crippen molar-refractivity contribution in [2.45, 2.75) is 37.7 Å². The molecule has 0 aliphatic heterocycles. The number of hydrogen-bond donors (Lipinski definition) is 2. The Bertz CT molecular complexity index is 158. The molecule has 2 N–H and O–H groups in total. The Morgan fingerprint density at radius 3 is 2.46 bits per heavy atom. The van der Waals surface area contributed by atoms with Crippen LogP contribution in [-0.4, -0.2) is 30.7 Å². The van der Waals surface area contributed by atoms with E-state index in [1.165, 1.54) is 7.05 Å². The molecule has 1 atom stereocenters. The summed E-state index contributed by atoms with van der Waals surface area (Å²) in [5.74, 6) is -3.19. The normalized spacial score (nSPS) is 22.2. The van der Waals surface area contributed by atoms with Gasteiger partial charge >= 0.3 is 0 Å². The van der Waals surface area contributed by atoms with Crippen molar-refractivity contribution in [2.24, 2.45) is 5.92 Å². The number of aliphatic hydroxyl groups is 1. The molecule has 1 rings (SSSR count). The lowest BCUT2D eigenvalue weighted by Crippen LogP contribution is -2.45. The Labute approximate surface area is 77.3 Å². The lowest BCUT2D eigenvalue weighted by Gasteiger charge is -2.26. The quantitative estimate of drug-likeness (QED) is 0.707. The number of aliphatic hydroxyl groups excluding tert-OH is 1. The molecule has 0 bridgehead atoms. The molecule has 0 aromatic rings. The van der Waals surface area contributed by atoms with Gasteiger partial charge in [0, 0.05) is 0 Å². The number of hydrogen-bond acceptors (Lipinski definition) is 2. The summed E-state index contributed by atoms with van der Waals surface area (Å²) in [5, 5.41) is 11.8. The first kappa shape index (κ1) is 10.9. The molecule has 1 unspecified atom stereocenters. The molecule has 0 amide bonds. The average molecular weight is 193 g/mol. The fourth-order valence-corrected chi connectivity index (χ4v) is 1.96. The third-order valence-electron chi connectivity index (χ3n) is 2.69. The van der Waals surface area contributed by atoms with Gasteiger partial charge in [-0.15, -0.1) is 0 Å². The highest BCUT2D eigenvalue weighted by molar-refractivity contribution is 4.86. The van der Waals surface area contributed by atoms with Crippen LogP contribution in [0.1, 0.15) is 25.7 Å². The average Bonchev–Trinajstić information content (AvgIpc) is 2.54. The Morgan fingerprint density at radius 1 is 1.46 bits per heavy atom. The van der Waals surface area contributed by atoms with Crippen molar-refractivity contribution < 1.29 is 13.9 Å². The van der Waals surface area contributed by atoms with Crippen LogP contribution in [0.15, 0.2) is 0 Å². The van der Waals surface area contributed by atoms with Gasteiger partial charge in [-0.1, -0.05) is 12.8 Å². The van der Waals surface area contributed by atoms with Crippen molar-refractivity contribution in [3.05, 3.63) is 0 Å². The molecular weight excluding hydrogens is 176 g/mol. The van der Waals surface area contributed by atoms with E-state index in [0.29, 0.717) is 0 Å². The molecule has 1 saturated carbocycles. The molecule has 0 radical (unpaired) electrons. The zero-order chi connectivity index (χ0) is 9.90. The van der Waals surface area contributed by atoms with Gasteiger partial charge < -0.3 is 10.4 Å². The maximum absolute atomic E-state index is 13.2. The van der Waals surface area contributed by atoms with E-state index in [1.54, 1.807) is 0 Å². The minimum Gasteiger partial charge on any atom is -0.387 e. The molecule has 0 saturated heterocycles. The van der Waals surface area contributed by atoms with Crippen LogP contribution in [0, 0.1) is 5.92 Å². The van der Waals surface area contributed by atoms with Crippen molar-refractivity contribution >= 4 is 0 Å². The minimum atomic E-state index is -2.98. The number of rotatable bonds is 4. The SMILES string of the molecule is CNCC(F)(F)C(O)C1CCCC1. The Balaban J connectivity index is 2.48. The first-order valence-corrected chi connectivity index (χ1v) is 4.78. The fourth-order valence-electron chi connectivity index (χ4n) is 1.96. The smallest absolute Gasteiger partial charge is 0.285 e. The summed E-state index contributed by atoms with van der Waals surface area (Å²) in [7, 11) is 1.47. The molecule has 78 valence electrons. The number of halogens is 2. The largest absolute Gasteiger partial charge is 0.387 e. The second-order valence-corrected chi connectivity index (χ2v) is 3.78. The summed E-state index contributed by atoms with van der Waals surface area (Å²) in [5.41, 5.74) is 0. The zero-order valence-electron chi connectivity index (χ0n) is 7.89. The molecule has 1 aliphatic carbocycles. The van der Waals surface area contributed by atoms with Crippen LogP contribution in [0.25, 0.3) is 0 Å². The summed E-state index contributed by atoms with van der Waals surface area (Å²) in [6, 6.07) is 0. The van der Waals surface area contributed by atoms with Gasteiger partial charge in [-0.3, -0.25) is 0 Å². The van der Waals surface area contributed by atoms with E-state index in [9.17, 15) is 13.9 Å². The molecular formula is C9H17F2NO. The fraction of sp³-hybridized carbons (Fsp3) is 1.00. The maximum Gasteiger partial charge on any atom is 0.285 e. The summed E-state index contributed by atoms with van der Waals surface area (Å²) in [6.07, 6.45) is 1.94. The summed E-state index contributed by atoms with van der Waals surface area (Å²) >= 11 is 0. The van der Waals surface area contributed by atoms with Gasteiger partial charge in [0.2, 0.25) is 0 Å². The third-order valence-corrected chi connectivity index (χ3v) is 2.69. The highest BCUT2D eigenvalue weighted by Gasteiger charge is 2.42. The predicted molar refractivity (Wildman–Crippen MR) is 46.8 cm³/mol. The van der Waals surface area contributed by atoms with Crippen LogP contribution in [0.4, 0.5) is 8.78 Å². The third kappa shape index (κ3) is 2.61. The van der Waals surface area contributed by atoms with Crippen LogP contribution in [0.5, 0.6) is 0 Å². The molecule has 0 heterocycles. The lowest BCUT2D eigenvalue weighted by molar-refractivity contribution is -0.126. The van der Waals surface area contributed by atoms with Gasteiger partial charge in [0.15, 0.2) is 0 Å². The van der Waals surface area contributed by atoms with Crippen LogP contribution in [0.3, 0.4) is 0 Å². The highest BCUT2D eigenvalue weighted by Crippen LogP contribution is 2.34. The molecule has 1 fully saturated rings. The van der Waals surface area contributed by atoms with Crippen LogP contribution in [0.2, 0.25) is 0 Å². The van der Waals surface area contributed by atoms with Gasteiger partial charge in [-0.25, -0.2) is 8.78 Å². The van der Waals surface area contributed by atoms with Crippen molar-refractivity contribution in [3.63, 3.8) is 0 Å². The van der Waals surface area contributed by atoms with Crippen LogP contribution < -0.4 is 5.32 Å². The monoisotopic (exact) mass is 193 g/mol. The van der Waals surface area contributed by atoms with E-state index in [2.05, 4.69) is 5.32 Å². The second-order valence-electron chi connectivity index (χ2n) is 3.78. The first-order valence-electron chi connectivity index (χ1n) is 4.78. The van der Waals surface area contributed by atoms with Crippen molar-refractivity contribution in [2.75, 3.05) is 13.6 Å². The van der Waals surface area contributed by atoms with Gasteiger partial charge in [0.05, 0.1) is 6.54 Å². The van der Waals surface area contributed by atoms with Crippen LogP contribution >= 0.6 is 0 Å². The molecule has 13 heavy (non-hydrogen) atoms. The topological polar surface area (TPSA) is 32.3 Å². The van der Waals surface area contributed by atoms with E-state index in [0.717, 1.165) is 25.7 Å². The molecule has 4 heteroatoms. The molecule has 0 spiro atoms. The van der Waals surface area contributed by atoms with E-state index < -0.39 is 18.6 Å². The minimum absolute atomic E-state index is 0.205. The predicted octanol–water partition coefficient (Wildman–Crippen LogP) is 1.39. The van der Waals surface area contributed by atoms with Crippen molar-refractivity contribution in [1.82, 2.24) is 5.32 Å². The van der Waals surface area contributed by atoms with E-state index in [-0.39, 0.29) is 5.92 Å². The van der Waals surface area contributed by atoms with Gasteiger partial charge in [0.25, 0.3) is 5.92 Å². The Kier molecular flexibility index (Phi) is 3.62. The van der Waals surface area contributed by atoms with E-state index in [1.807, 2.05) is 0 Å². The molecule has 0 aromatic heterocycles. The van der Waals surface area contributed by atoms with Gasteiger partial charge in [-0.2, -0.15) is 0 Å². The summed E-state index contributed by atoms with van der Waals surface area (Å²) < 4.78 is 26.3. The van der Waals surface area contributed by atoms with Crippen LogP contribution in [-0.2, 0) is 0 Å². The highest BCUT2D eigenvalue weighted by atomic mass is 19.3. The van der Waals surface area contributed by atoms with Gasteiger partial charge in [0.1, 0.15) is 6.10 Å². The Morgan fingerprint density at radius 2 is 2.00 bits per heavy atom. The van der Waals surface area contributed by atoms with E-state index in [4.69, 9.17) is 0 Å². The maximum atomic E-state index is 13.2. The first-order chi connectivity index (χ1) is 6.08. The second kappa shape index (κ2) is 4.33. The van der Waals surface area contributed by atoms with Gasteiger partial charge in [-0.05, 0) is 25.8 Å². The van der Waals surface area contributed by atoms with Crippen molar-refractivity contribution in [3.8, 4) is 0 Å². The summed E-state index contributed by atoms with van der Waals surface area (Å²) in [6.45, 7) is -0.440. The molecule has 0 aromatic carbocycles. The zero-order valence-corrected chi connectivity index (χ0v) is 7.89.